The second-order valence-electron chi connectivity index (χ2n) is 6.76. The van der Waals surface area contributed by atoms with Crippen LogP contribution in [0.1, 0.15) is 18.1 Å². The van der Waals surface area contributed by atoms with E-state index in [0.717, 1.165) is 5.56 Å². The third kappa shape index (κ3) is 7.52. The Labute approximate surface area is 181 Å². The molecule has 0 spiro atoms. The van der Waals surface area contributed by atoms with E-state index in [9.17, 15) is 9.59 Å². The predicted molar refractivity (Wildman–Crippen MR) is 118 cm³/mol. The number of nitrogens with zero attached hydrogens (tertiary/aromatic N) is 1. The largest absolute Gasteiger partial charge is 0.490 e. The maximum absolute atomic E-state index is 12.2. The van der Waals surface area contributed by atoms with E-state index in [1.54, 1.807) is 56.6 Å². The minimum absolute atomic E-state index is 0.0139. The zero-order valence-corrected chi connectivity index (χ0v) is 17.8. The van der Waals surface area contributed by atoms with E-state index in [4.69, 9.17) is 20.6 Å². The summed E-state index contributed by atoms with van der Waals surface area (Å²) in [6.45, 7) is 2.16. The van der Waals surface area contributed by atoms with Crippen LogP contribution in [-0.2, 0) is 16.0 Å². The van der Waals surface area contributed by atoms with Gasteiger partial charge in [0.25, 0.3) is 5.91 Å². The van der Waals surface area contributed by atoms with Gasteiger partial charge >= 0.3 is 0 Å². The quantitative estimate of drug-likeness (QED) is 0.204. The molecule has 10 nitrogen and oxygen atoms in total. The molecule has 0 unspecified atom stereocenters. The Morgan fingerprint density at radius 2 is 1.77 bits per heavy atom. The van der Waals surface area contributed by atoms with Crippen LogP contribution >= 0.6 is 0 Å². The predicted octanol–water partition coefficient (Wildman–Crippen LogP) is 1.03. The minimum atomic E-state index is -0.272. The number of nitrogens with one attached hydrogen (secondary N) is 4. The Bertz CT molecular complexity index is 915. The van der Waals surface area contributed by atoms with Gasteiger partial charge in [-0.15, -0.1) is 5.53 Å². The topological polar surface area (TPSA) is 142 Å². The van der Waals surface area contributed by atoms with Crippen molar-refractivity contribution >= 4 is 23.3 Å². The molecule has 0 aliphatic rings. The van der Waals surface area contributed by atoms with E-state index in [1.165, 1.54) is 4.90 Å². The van der Waals surface area contributed by atoms with Gasteiger partial charge in [0.1, 0.15) is 5.84 Å². The Morgan fingerprint density at radius 1 is 1.06 bits per heavy atom. The minimum Gasteiger partial charge on any atom is -0.490 e. The second kappa shape index (κ2) is 11.4. The molecule has 31 heavy (non-hydrogen) atoms. The van der Waals surface area contributed by atoms with Crippen molar-refractivity contribution in [3.8, 4) is 11.5 Å². The van der Waals surface area contributed by atoms with E-state index in [0.29, 0.717) is 29.4 Å². The van der Waals surface area contributed by atoms with E-state index >= 15 is 0 Å². The van der Waals surface area contributed by atoms with Gasteiger partial charge in [-0.2, -0.15) is 0 Å². The van der Waals surface area contributed by atoms with Crippen LogP contribution in [0.25, 0.3) is 0 Å². The molecular weight excluding hydrogens is 400 g/mol. The number of nitrogen functional groups attached to an aromatic ring is 1. The standard InChI is InChI=1S/C21H28N6O4/c1-4-30-18-11-14(5-10-17(18)31-13-20(29)27(2)3)12-19(28)25-26-24-16-8-6-15(7-9-16)21(22)23/h5-11,24,26H,4,12-13H2,1-3H3,(H3,22,23)(H,25,28). The number of hydrogen-bond donors (Lipinski definition) is 5. The average molecular weight is 428 g/mol. The maximum atomic E-state index is 12.2. The molecule has 0 aromatic heterocycles. The first-order valence-corrected chi connectivity index (χ1v) is 9.63. The molecule has 2 amide bonds. The van der Waals surface area contributed by atoms with Gasteiger partial charge in [0.05, 0.1) is 18.7 Å². The first kappa shape index (κ1) is 23.5. The fourth-order valence-corrected chi connectivity index (χ4v) is 2.45. The molecule has 0 bridgehead atoms. The summed E-state index contributed by atoms with van der Waals surface area (Å²) in [7, 11) is 3.31. The van der Waals surface area contributed by atoms with E-state index < -0.39 is 0 Å². The number of anilines is 1. The van der Waals surface area contributed by atoms with E-state index in [1.807, 2.05) is 6.92 Å². The van der Waals surface area contributed by atoms with Crippen LogP contribution in [-0.4, -0.2) is 49.9 Å². The summed E-state index contributed by atoms with van der Waals surface area (Å²) in [4.78, 5) is 25.4. The Kier molecular flexibility index (Phi) is 8.64. The maximum Gasteiger partial charge on any atom is 0.259 e. The summed E-state index contributed by atoms with van der Waals surface area (Å²) in [6, 6.07) is 12.0. The summed E-state index contributed by atoms with van der Waals surface area (Å²) < 4.78 is 11.1. The van der Waals surface area contributed by atoms with Crippen LogP contribution in [0.3, 0.4) is 0 Å². The van der Waals surface area contributed by atoms with Crippen molar-refractivity contribution in [3.63, 3.8) is 0 Å². The summed E-state index contributed by atoms with van der Waals surface area (Å²) in [5.41, 5.74) is 15.4. The van der Waals surface area contributed by atoms with Gasteiger partial charge in [0, 0.05) is 19.7 Å². The van der Waals surface area contributed by atoms with Crippen LogP contribution in [0.5, 0.6) is 11.5 Å². The normalized spacial score (nSPS) is 10.2. The lowest BCUT2D eigenvalue weighted by Gasteiger charge is -2.15. The van der Waals surface area contributed by atoms with Gasteiger partial charge in [-0.05, 0) is 48.9 Å². The third-order valence-electron chi connectivity index (χ3n) is 4.13. The molecule has 0 aliphatic heterocycles. The van der Waals surface area contributed by atoms with Gasteiger partial charge in [-0.25, -0.2) is 0 Å². The number of nitrogens with two attached hydrogens (primary N) is 1. The summed E-state index contributed by atoms with van der Waals surface area (Å²) >= 11 is 0. The van der Waals surface area contributed by atoms with Crippen molar-refractivity contribution in [1.29, 1.82) is 5.41 Å². The molecule has 166 valence electrons. The number of ether oxygens (including phenoxy) is 2. The van der Waals surface area contributed by atoms with Crippen molar-refractivity contribution in [1.82, 2.24) is 15.9 Å². The van der Waals surface area contributed by atoms with Gasteiger partial charge < -0.3 is 25.5 Å². The number of amides is 2. The first-order valence-electron chi connectivity index (χ1n) is 9.63. The summed E-state index contributed by atoms with van der Waals surface area (Å²) in [6.07, 6.45) is 0.106. The zero-order valence-electron chi connectivity index (χ0n) is 17.8. The molecule has 0 heterocycles. The number of benzene rings is 2. The van der Waals surface area contributed by atoms with Crippen LogP contribution in [0.4, 0.5) is 5.69 Å². The summed E-state index contributed by atoms with van der Waals surface area (Å²) in [5, 5.41) is 7.37. The fourth-order valence-electron chi connectivity index (χ4n) is 2.45. The van der Waals surface area contributed by atoms with Crippen LogP contribution in [0, 0.1) is 5.41 Å². The Balaban J connectivity index is 1.89. The number of carbonyl (C=O) groups is 2. The van der Waals surface area contributed by atoms with Crippen molar-refractivity contribution in [2.75, 3.05) is 32.7 Å². The number of amidine groups is 1. The third-order valence-corrected chi connectivity index (χ3v) is 4.13. The van der Waals surface area contributed by atoms with E-state index in [-0.39, 0.29) is 30.7 Å². The first-order chi connectivity index (χ1) is 14.8. The molecule has 2 aromatic carbocycles. The van der Waals surface area contributed by atoms with Crippen molar-refractivity contribution in [3.05, 3.63) is 53.6 Å². The van der Waals surface area contributed by atoms with E-state index in [2.05, 4.69) is 16.4 Å². The number of rotatable bonds is 11. The Hall–Kier alpha value is -3.79. The van der Waals surface area contributed by atoms with Gasteiger partial charge in [-0.3, -0.25) is 20.4 Å². The molecule has 0 aliphatic carbocycles. The molecule has 6 N–H and O–H groups in total. The van der Waals surface area contributed by atoms with Crippen LogP contribution in [0.2, 0.25) is 0 Å². The SMILES string of the molecule is CCOc1cc(CC(=O)NNNc2ccc(C(=N)N)cc2)ccc1OCC(=O)N(C)C. The molecule has 0 fully saturated rings. The molecule has 0 radical (unpaired) electrons. The van der Waals surface area contributed by atoms with Gasteiger partial charge in [0.15, 0.2) is 18.1 Å². The molecule has 0 saturated carbocycles. The highest BCUT2D eigenvalue weighted by Gasteiger charge is 2.12. The highest BCUT2D eigenvalue weighted by atomic mass is 16.5. The molecule has 2 aromatic rings. The molecule has 0 atom stereocenters. The van der Waals surface area contributed by atoms with Crippen molar-refractivity contribution in [2.24, 2.45) is 5.73 Å². The average Bonchev–Trinajstić information content (AvgIpc) is 2.73. The number of hydrogen-bond acceptors (Lipinski definition) is 7. The molecule has 2 rings (SSSR count). The highest BCUT2D eigenvalue weighted by molar-refractivity contribution is 5.95. The monoisotopic (exact) mass is 428 g/mol. The van der Waals surface area contributed by atoms with Crippen molar-refractivity contribution < 1.29 is 19.1 Å². The molecule has 10 heteroatoms. The number of carbonyl (C=O) groups excluding carboxylic acids is 2. The second-order valence-corrected chi connectivity index (χ2v) is 6.76. The summed E-state index contributed by atoms with van der Waals surface area (Å²) in [5.74, 6) is 0.457. The zero-order chi connectivity index (χ0) is 22.8. The highest BCUT2D eigenvalue weighted by Crippen LogP contribution is 2.28. The number of hydrazine groups is 2. The van der Waals surface area contributed by atoms with Gasteiger partial charge in [0.2, 0.25) is 5.91 Å². The van der Waals surface area contributed by atoms with Crippen LogP contribution < -0.4 is 31.6 Å². The fraction of sp³-hybridized carbons (Fsp3) is 0.286. The van der Waals surface area contributed by atoms with Gasteiger partial charge in [-0.1, -0.05) is 6.07 Å². The molecule has 0 saturated heterocycles. The van der Waals surface area contributed by atoms with Crippen LogP contribution in [0.15, 0.2) is 42.5 Å². The lowest BCUT2D eigenvalue weighted by molar-refractivity contribution is -0.130. The molecular formula is C21H28N6O4. The smallest absolute Gasteiger partial charge is 0.259 e. The van der Waals surface area contributed by atoms with Crippen molar-refractivity contribution in [2.45, 2.75) is 13.3 Å². The number of likely N-dealkylation sites (N-methyl/N-ethyl adjacent to an activating group) is 1. The lowest BCUT2D eigenvalue weighted by Crippen LogP contribution is -2.42. The lowest BCUT2D eigenvalue weighted by atomic mass is 10.1. The Morgan fingerprint density at radius 3 is 2.39 bits per heavy atom.